The van der Waals surface area contributed by atoms with Gasteiger partial charge >= 0.3 is 323 Å². The van der Waals surface area contributed by atoms with Gasteiger partial charge in [0.25, 0.3) is 0 Å². The molecule has 0 aromatic heterocycles. The average molecular weight is 822 g/mol. The van der Waals surface area contributed by atoms with Gasteiger partial charge < -0.3 is 24.8 Å². The second-order valence-electron chi connectivity index (χ2n) is 16.4. The number of fused-ring (bicyclic) bond motifs is 2. The second kappa shape index (κ2) is 15.7. The third-order valence-corrected chi connectivity index (χ3v) is 15.1. The topological polar surface area (TPSA) is 0 Å². The molecule has 0 spiro atoms. The maximum absolute atomic E-state index is 2.68. The predicted octanol–water partition coefficient (Wildman–Crippen LogP) is 4.88. The summed E-state index contributed by atoms with van der Waals surface area (Å²) in [5.41, 5.74) is 13.4. The summed E-state index contributed by atoms with van der Waals surface area (Å²) in [5.74, 6) is 0. The minimum absolute atomic E-state index is 0. The first-order chi connectivity index (χ1) is 25.1. The molecule has 5 aromatic carbocycles. The van der Waals surface area contributed by atoms with E-state index in [-0.39, 0.29) is 41.1 Å². The van der Waals surface area contributed by atoms with Gasteiger partial charge in [-0.1, -0.05) is 0 Å². The monoisotopic (exact) mass is 819 g/mol. The normalized spacial score (nSPS) is 17.4. The van der Waals surface area contributed by atoms with Crippen LogP contribution in [0.25, 0.3) is 14.4 Å². The van der Waals surface area contributed by atoms with Gasteiger partial charge in [-0.3, -0.25) is 0 Å². The van der Waals surface area contributed by atoms with Crippen LogP contribution in [0.3, 0.4) is 0 Å². The van der Waals surface area contributed by atoms with Crippen molar-refractivity contribution in [1.82, 2.24) is 0 Å². The molecule has 0 saturated heterocycles. The largest absolute Gasteiger partial charge is 1.00 e. The van der Waals surface area contributed by atoms with Gasteiger partial charge in [0, 0.05) is 0 Å². The minimum Gasteiger partial charge on any atom is -1.00 e. The summed E-state index contributed by atoms with van der Waals surface area (Å²) in [6.07, 6.45) is 10.7. The Morgan fingerprint density at radius 1 is 0.611 bits per heavy atom. The van der Waals surface area contributed by atoms with Crippen LogP contribution in [0, 0.1) is 5.41 Å². The fraction of sp³-hybridized carbons (Fsp3) is 0.196. The van der Waals surface area contributed by atoms with E-state index in [0.29, 0.717) is 0 Å². The molecule has 3 aliphatic rings. The summed E-state index contributed by atoms with van der Waals surface area (Å²) in [6, 6.07) is 52.4. The molecule has 0 saturated carbocycles. The van der Waals surface area contributed by atoms with Crippen molar-refractivity contribution in [3.8, 4) is 0 Å². The molecule has 8 rings (SSSR count). The number of rotatable bonds is 6. The number of halogens is 2. The van der Waals surface area contributed by atoms with Gasteiger partial charge in [-0.2, -0.15) is 0 Å². The van der Waals surface area contributed by atoms with Crippen molar-refractivity contribution < 1.29 is 47.6 Å². The van der Waals surface area contributed by atoms with E-state index >= 15 is 0 Å². The van der Waals surface area contributed by atoms with E-state index in [1.807, 2.05) is 0 Å². The van der Waals surface area contributed by atoms with Crippen LogP contribution in [0.2, 0.25) is 0 Å². The van der Waals surface area contributed by atoms with Crippen molar-refractivity contribution >= 4 is 17.6 Å². The molecular formula is C51H47Cl2Zr. The van der Waals surface area contributed by atoms with Crippen LogP contribution in [0.4, 0.5) is 0 Å². The van der Waals surface area contributed by atoms with Gasteiger partial charge in [-0.25, -0.2) is 0 Å². The number of allylic oxidation sites excluding steroid dienone is 8. The van der Waals surface area contributed by atoms with Gasteiger partial charge in [-0.05, 0) is 0 Å². The number of hydrogen-bond acceptors (Lipinski definition) is 0. The SMILES string of the molecule is CC(C)(C)c1ccc2c(c1)=[C]([Zr+2]=[C](c1ccccc1)c1ccccc1)C1=C(C3=CC=CC3)C(c3ccccc3)(C(C)(C)C)C=C(c3ccccc3)C=21.[Cl-].[Cl-]. The predicted molar refractivity (Wildman–Crippen MR) is 218 cm³/mol. The Kier molecular flexibility index (Phi) is 11.6. The second-order valence-corrected chi connectivity index (χ2v) is 19.5. The average Bonchev–Trinajstić information content (AvgIpc) is 3.80. The summed E-state index contributed by atoms with van der Waals surface area (Å²) in [6.45, 7) is 14.4. The smallest absolute Gasteiger partial charge is 1.00 e. The maximum Gasteiger partial charge on any atom is -1.00 e. The first kappa shape index (κ1) is 39.8. The van der Waals surface area contributed by atoms with E-state index in [0.717, 1.165) is 6.42 Å². The Bertz CT molecular complexity index is 2410. The molecule has 0 nitrogen and oxygen atoms in total. The van der Waals surface area contributed by atoms with Gasteiger partial charge in [-0.15, -0.1) is 0 Å². The summed E-state index contributed by atoms with van der Waals surface area (Å²) >= 11 is -1.51. The van der Waals surface area contributed by atoms with E-state index in [2.05, 4.69) is 205 Å². The van der Waals surface area contributed by atoms with E-state index in [1.54, 1.807) is 3.28 Å². The Balaban J connectivity index is 0.00000249. The van der Waals surface area contributed by atoms with Crippen LogP contribution in [0.15, 0.2) is 181 Å². The Morgan fingerprint density at radius 2 is 1.17 bits per heavy atom. The molecule has 5 aromatic rings. The molecule has 0 radical (unpaired) electrons. The van der Waals surface area contributed by atoms with Crippen LogP contribution in [-0.2, 0) is 33.6 Å². The molecule has 0 heterocycles. The fourth-order valence-corrected chi connectivity index (χ4v) is 12.4. The van der Waals surface area contributed by atoms with Crippen molar-refractivity contribution in [1.29, 1.82) is 0 Å². The summed E-state index contributed by atoms with van der Waals surface area (Å²) in [7, 11) is 0. The van der Waals surface area contributed by atoms with Crippen LogP contribution in [0.5, 0.6) is 0 Å². The molecule has 0 N–H and O–H groups in total. The quantitative estimate of drug-likeness (QED) is 0.230. The molecule has 0 fully saturated rings. The maximum atomic E-state index is 2.68. The molecule has 1 atom stereocenters. The Morgan fingerprint density at radius 3 is 1.69 bits per heavy atom. The molecule has 0 bridgehead atoms. The van der Waals surface area contributed by atoms with Crippen LogP contribution < -0.4 is 35.3 Å². The summed E-state index contributed by atoms with van der Waals surface area (Å²) in [5, 5.41) is 2.83. The molecule has 0 amide bonds. The van der Waals surface area contributed by atoms with Crippen molar-refractivity contribution in [2.45, 2.75) is 58.8 Å². The molecule has 54 heavy (non-hydrogen) atoms. The van der Waals surface area contributed by atoms with Crippen molar-refractivity contribution in [3.63, 3.8) is 0 Å². The van der Waals surface area contributed by atoms with E-state index in [9.17, 15) is 0 Å². The standard InChI is InChI=1S/C38H37.C13H10.2ClH.Zr/c1-36(2,3)30-21-22-31-28(23-30)24-32-34(31)33(26-15-9-7-10-16-26)25-38(37(4,5)6,29-19-11-8-12-20-29)35(32)27-17-13-14-18-27;1-3-7-12(8-4-1)11-13-9-5-2-6-10-13;;;/h7-17,19-23,25H,18H2,1-6H3;1-10H;2*1H;/q;;;;+2/p-2. The summed E-state index contributed by atoms with van der Waals surface area (Å²) < 4.78 is 3.12. The van der Waals surface area contributed by atoms with Crippen LogP contribution in [0.1, 0.15) is 75.8 Å². The Labute approximate surface area is 345 Å². The van der Waals surface area contributed by atoms with Crippen LogP contribution in [-0.4, -0.2) is 3.21 Å². The third-order valence-electron chi connectivity index (χ3n) is 11.2. The molecular weight excluding hydrogens is 775 g/mol. The number of hydrogen-bond donors (Lipinski definition) is 0. The van der Waals surface area contributed by atoms with Gasteiger partial charge in [0.2, 0.25) is 0 Å². The fourth-order valence-electron chi connectivity index (χ4n) is 8.54. The first-order valence-electron chi connectivity index (χ1n) is 18.7. The zero-order valence-corrected chi connectivity index (χ0v) is 36.0. The van der Waals surface area contributed by atoms with Crippen molar-refractivity contribution in [3.05, 3.63) is 219 Å². The molecule has 1 unspecified atom stereocenters. The molecule has 3 heteroatoms. The van der Waals surface area contributed by atoms with E-state index in [4.69, 9.17) is 0 Å². The van der Waals surface area contributed by atoms with E-state index in [1.165, 1.54) is 69.3 Å². The number of benzene rings is 5. The minimum atomic E-state index is -1.51. The van der Waals surface area contributed by atoms with Crippen LogP contribution >= 0.6 is 0 Å². The molecule has 269 valence electrons. The zero-order chi connectivity index (χ0) is 36.1. The molecule has 3 aliphatic carbocycles. The van der Waals surface area contributed by atoms with Crippen molar-refractivity contribution in [2.24, 2.45) is 5.41 Å². The van der Waals surface area contributed by atoms with Gasteiger partial charge in [0.05, 0.1) is 0 Å². The molecule has 0 aliphatic heterocycles. The van der Waals surface area contributed by atoms with Crippen molar-refractivity contribution in [2.75, 3.05) is 0 Å². The summed E-state index contributed by atoms with van der Waals surface area (Å²) in [4.78, 5) is 0. The zero-order valence-electron chi connectivity index (χ0n) is 32.1. The third kappa shape index (κ3) is 6.94. The van der Waals surface area contributed by atoms with Gasteiger partial charge in [0.15, 0.2) is 0 Å². The Hall–Kier alpha value is -3.87. The van der Waals surface area contributed by atoms with Gasteiger partial charge in [0.1, 0.15) is 0 Å². The van der Waals surface area contributed by atoms with E-state index < -0.39 is 22.8 Å². The first-order valence-corrected chi connectivity index (χ1v) is 21.1.